The second-order valence-corrected chi connectivity index (χ2v) is 4.49. The average Bonchev–Trinajstić information content (AvgIpc) is 2.46. The van der Waals surface area contributed by atoms with Crippen molar-refractivity contribution in [3.63, 3.8) is 0 Å². The summed E-state index contributed by atoms with van der Waals surface area (Å²) >= 11 is 5.89. The number of nitrogens with one attached hydrogen (secondary N) is 2. The molecule has 1 aromatic heterocycles. The van der Waals surface area contributed by atoms with Gasteiger partial charge >= 0.3 is 6.18 Å². The maximum Gasteiger partial charge on any atom is 0.416 e. The van der Waals surface area contributed by atoms with Crippen LogP contribution in [0.3, 0.4) is 0 Å². The molecule has 0 fully saturated rings. The highest BCUT2D eigenvalue weighted by Gasteiger charge is 2.30. The normalized spacial score (nSPS) is 11.3. The van der Waals surface area contributed by atoms with Crippen LogP contribution in [0, 0.1) is 0 Å². The van der Waals surface area contributed by atoms with Gasteiger partial charge in [0.15, 0.2) is 5.82 Å². The van der Waals surface area contributed by atoms with E-state index >= 15 is 0 Å². The van der Waals surface area contributed by atoms with Gasteiger partial charge in [0.05, 0.1) is 11.8 Å². The Balaban J connectivity index is 2.13. The molecule has 0 amide bonds. The molecule has 0 spiro atoms. The molecule has 0 atom stereocenters. The van der Waals surface area contributed by atoms with Crippen LogP contribution in [0.2, 0.25) is 5.02 Å². The van der Waals surface area contributed by atoms with Crippen LogP contribution < -0.4 is 16.6 Å². The van der Waals surface area contributed by atoms with Gasteiger partial charge < -0.3 is 5.32 Å². The molecule has 2 aromatic rings. The molecule has 21 heavy (non-hydrogen) atoms. The fourth-order valence-electron chi connectivity index (χ4n) is 1.60. The van der Waals surface area contributed by atoms with E-state index in [1.807, 2.05) is 0 Å². The Labute approximate surface area is 123 Å². The summed E-state index contributed by atoms with van der Waals surface area (Å²) in [5.74, 6) is 5.59. The van der Waals surface area contributed by atoms with Crippen molar-refractivity contribution in [3.8, 4) is 0 Å². The van der Waals surface area contributed by atoms with E-state index in [4.69, 9.17) is 17.4 Å². The third-order valence-corrected chi connectivity index (χ3v) is 2.86. The Kier molecular flexibility index (Phi) is 4.49. The third kappa shape index (κ3) is 3.96. The zero-order valence-electron chi connectivity index (χ0n) is 10.6. The molecular weight excluding hydrogens is 307 g/mol. The van der Waals surface area contributed by atoms with Crippen LogP contribution in [0.4, 0.5) is 24.9 Å². The molecule has 5 nitrogen and oxygen atoms in total. The second-order valence-electron chi connectivity index (χ2n) is 4.09. The first kappa shape index (κ1) is 15.3. The number of hydrogen-bond donors (Lipinski definition) is 3. The van der Waals surface area contributed by atoms with Crippen LogP contribution in [-0.2, 0) is 12.7 Å². The van der Waals surface area contributed by atoms with Crippen LogP contribution in [0.25, 0.3) is 0 Å². The highest BCUT2D eigenvalue weighted by atomic mass is 35.5. The van der Waals surface area contributed by atoms with Crippen LogP contribution in [-0.4, -0.2) is 9.97 Å². The van der Waals surface area contributed by atoms with E-state index in [1.165, 1.54) is 12.3 Å². The SMILES string of the molecule is NNc1ncc(Cl)c(NCc2cccc(C(F)(F)F)c2)n1. The van der Waals surface area contributed by atoms with Crippen molar-refractivity contribution >= 4 is 23.4 Å². The Morgan fingerprint density at radius 2 is 2.05 bits per heavy atom. The molecule has 0 unspecified atom stereocenters. The van der Waals surface area contributed by atoms with Gasteiger partial charge in [-0.3, -0.25) is 5.43 Å². The predicted molar refractivity (Wildman–Crippen MR) is 73.6 cm³/mol. The molecule has 0 aliphatic rings. The Bertz CT molecular complexity index is 633. The zero-order valence-corrected chi connectivity index (χ0v) is 11.3. The minimum absolute atomic E-state index is 0.130. The van der Waals surface area contributed by atoms with Gasteiger partial charge in [-0.1, -0.05) is 23.7 Å². The van der Waals surface area contributed by atoms with E-state index in [0.717, 1.165) is 12.1 Å². The molecule has 9 heteroatoms. The first-order valence-electron chi connectivity index (χ1n) is 5.79. The van der Waals surface area contributed by atoms with Gasteiger partial charge in [0.25, 0.3) is 0 Å². The minimum Gasteiger partial charge on any atom is -0.365 e. The number of anilines is 2. The van der Waals surface area contributed by atoms with Gasteiger partial charge in [-0.25, -0.2) is 10.8 Å². The first-order chi connectivity index (χ1) is 9.90. The highest BCUT2D eigenvalue weighted by Crippen LogP contribution is 2.29. The van der Waals surface area contributed by atoms with Gasteiger partial charge in [-0.2, -0.15) is 18.2 Å². The quantitative estimate of drug-likeness (QED) is 0.597. The van der Waals surface area contributed by atoms with Crippen molar-refractivity contribution in [3.05, 3.63) is 46.6 Å². The maximum absolute atomic E-state index is 12.6. The largest absolute Gasteiger partial charge is 0.416 e. The molecule has 112 valence electrons. The number of nitrogen functional groups attached to an aromatic ring is 1. The summed E-state index contributed by atoms with van der Waals surface area (Å²) in [6.07, 6.45) is -3.04. The molecule has 0 radical (unpaired) electrons. The van der Waals surface area contributed by atoms with Crippen molar-refractivity contribution in [2.45, 2.75) is 12.7 Å². The lowest BCUT2D eigenvalue weighted by Gasteiger charge is -2.11. The van der Waals surface area contributed by atoms with Gasteiger partial charge in [-0.15, -0.1) is 0 Å². The standard InChI is InChI=1S/C12H11ClF3N5/c13-9-6-19-11(21-17)20-10(9)18-5-7-2-1-3-8(4-7)12(14,15)16/h1-4,6H,5,17H2,(H2,18,19,20,21). The summed E-state index contributed by atoms with van der Waals surface area (Å²) in [4.78, 5) is 7.76. The van der Waals surface area contributed by atoms with Crippen molar-refractivity contribution in [1.82, 2.24) is 9.97 Å². The number of nitrogens with two attached hydrogens (primary N) is 1. The Morgan fingerprint density at radius 1 is 1.29 bits per heavy atom. The lowest BCUT2D eigenvalue weighted by molar-refractivity contribution is -0.137. The van der Waals surface area contributed by atoms with Crippen LogP contribution in [0.1, 0.15) is 11.1 Å². The van der Waals surface area contributed by atoms with Gasteiger partial charge in [0, 0.05) is 6.54 Å². The summed E-state index contributed by atoms with van der Waals surface area (Å²) in [5.41, 5.74) is 1.99. The molecule has 0 saturated carbocycles. The molecule has 4 N–H and O–H groups in total. The fourth-order valence-corrected chi connectivity index (χ4v) is 1.76. The van der Waals surface area contributed by atoms with E-state index in [-0.39, 0.29) is 23.3 Å². The fraction of sp³-hybridized carbons (Fsp3) is 0.167. The highest BCUT2D eigenvalue weighted by molar-refractivity contribution is 6.32. The van der Waals surface area contributed by atoms with Gasteiger partial charge in [0.1, 0.15) is 5.02 Å². The van der Waals surface area contributed by atoms with Crippen LogP contribution >= 0.6 is 11.6 Å². The number of hydrogen-bond acceptors (Lipinski definition) is 5. The molecule has 1 heterocycles. The van der Waals surface area contributed by atoms with Crippen LogP contribution in [0.15, 0.2) is 30.5 Å². The molecule has 0 saturated heterocycles. The molecule has 2 rings (SSSR count). The van der Waals surface area contributed by atoms with Gasteiger partial charge in [0.2, 0.25) is 5.95 Å². The first-order valence-corrected chi connectivity index (χ1v) is 6.17. The lowest BCUT2D eigenvalue weighted by atomic mass is 10.1. The summed E-state index contributed by atoms with van der Waals surface area (Å²) in [6.45, 7) is 0.130. The topological polar surface area (TPSA) is 75.9 Å². The monoisotopic (exact) mass is 317 g/mol. The van der Waals surface area contributed by atoms with Crippen molar-refractivity contribution in [1.29, 1.82) is 0 Å². The average molecular weight is 318 g/mol. The number of aromatic nitrogens is 2. The molecule has 0 aliphatic carbocycles. The summed E-state index contributed by atoms with van der Waals surface area (Å²) in [6, 6.07) is 4.98. The number of rotatable bonds is 4. The Hall–Kier alpha value is -2.06. The number of hydrazine groups is 1. The molecule has 1 aromatic carbocycles. The predicted octanol–water partition coefficient (Wildman–Crippen LogP) is 3.05. The number of halogens is 4. The summed E-state index contributed by atoms with van der Waals surface area (Å²) in [7, 11) is 0. The minimum atomic E-state index is -4.38. The molecule has 0 bridgehead atoms. The summed E-state index contributed by atoms with van der Waals surface area (Å²) < 4.78 is 37.8. The second kappa shape index (κ2) is 6.15. The van der Waals surface area contributed by atoms with E-state index in [2.05, 4.69) is 20.7 Å². The van der Waals surface area contributed by atoms with Crippen LogP contribution in [0.5, 0.6) is 0 Å². The number of nitrogens with zero attached hydrogens (tertiary/aromatic N) is 2. The van der Waals surface area contributed by atoms with E-state index < -0.39 is 11.7 Å². The number of alkyl halides is 3. The summed E-state index contributed by atoms with van der Waals surface area (Å²) in [5, 5.41) is 3.07. The third-order valence-electron chi connectivity index (χ3n) is 2.59. The van der Waals surface area contributed by atoms with Crippen molar-refractivity contribution < 1.29 is 13.2 Å². The zero-order chi connectivity index (χ0) is 15.5. The lowest BCUT2D eigenvalue weighted by Crippen LogP contribution is -2.12. The van der Waals surface area contributed by atoms with E-state index in [1.54, 1.807) is 6.07 Å². The smallest absolute Gasteiger partial charge is 0.365 e. The van der Waals surface area contributed by atoms with E-state index in [9.17, 15) is 13.2 Å². The van der Waals surface area contributed by atoms with Gasteiger partial charge in [-0.05, 0) is 17.7 Å². The van der Waals surface area contributed by atoms with E-state index in [0.29, 0.717) is 5.56 Å². The van der Waals surface area contributed by atoms with Crippen molar-refractivity contribution in [2.75, 3.05) is 10.7 Å². The Morgan fingerprint density at radius 3 is 2.71 bits per heavy atom. The molecule has 0 aliphatic heterocycles. The molecular formula is C12H11ClF3N5. The number of benzene rings is 1. The van der Waals surface area contributed by atoms with Crippen molar-refractivity contribution in [2.24, 2.45) is 5.84 Å². The maximum atomic E-state index is 12.6.